The highest BCUT2D eigenvalue weighted by molar-refractivity contribution is 6.59. The quantitative estimate of drug-likeness (QED) is 0.521. The van der Waals surface area contributed by atoms with Crippen molar-refractivity contribution in [3.05, 3.63) is 10.2 Å². The van der Waals surface area contributed by atoms with E-state index >= 15 is 0 Å². The number of nitrogens with zero attached hydrogens (tertiary/aromatic N) is 1. The van der Waals surface area contributed by atoms with Crippen LogP contribution in [-0.4, -0.2) is 26.2 Å². The fourth-order valence-corrected chi connectivity index (χ4v) is 4.21. The molecule has 2 aliphatic rings. The maximum atomic E-state index is 6.27. The fraction of sp³-hybridized carbons (Fsp3) is 0.714. The third-order valence-corrected chi connectivity index (χ3v) is 5.82. The second-order valence-corrected chi connectivity index (χ2v) is 6.31. The van der Waals surface area contributed by atoms with E-state index < -0.39 is 9.33 Å². The van der Waals surface area contributed by atoms with Crippen LogP contribution in [0, 0.1) is 0 Å². The van der Waals surface area contributed by atoms with Crippen LogP contribution in [0.5, 0.6) is 0 Å². The predicted octanol–water partition coefficient (Wildman–Crippen LogP) is 4.07. The average Bonchev–Trinajstić information content (AvgIpc) is 2.38. The van der Waals surface area contributed by atoms with Crippen molar-refractivity contribution in [2.24, 2.45) is 0 Å². The molecule has 2 unspecified atom stereocenters. The van der Waals surface area contributed by atoms with Gasteiger partial charge in [0, 0.05) is 11.9 Å². The number of hydrogen-bond donors (Lipinski definition) is 0. The monoisotopic (exact) mass is 313 g/mol. The summed E-state index contributed by atoms with van der Waals surface area (Å²) >= 11 is 36.2. The molecular weight excluding hydrogens is 311 g/mol. The Bertz CT molecular complexity index is 313. The topological polar surface area (TPSA) is 3.24 Å². The van der Waals surface area contributed by atoms with E-state index in [0.29, 0.717) is 22.5 Å². The normalized spacial score (nSPS) is 39.9. The van der Waals surface area contributed by atoms with E-state index in [4.69, 9.17) is 69.6 Å². The SMILES string of the molecule is ClCC1CC2(Cl)C(Cl)=C(Cl)N1C2(Cl)Cl. The summed E-state index contributed by atoms with van der Waals surface area (Å²) in [7, 11) is 0. The predicted molar refractivity (Wildman–Crippen MR) is 62.7 cm³/mol. The summed E-state index contributed by atoms with van der Waals surface area (Å²) in [6, 6.07) is -0.0702. The minimum absolute atomic E-state index is 0.0702. The van der Waals surface area contributed by atoms with Gasteiger partial charge in [0.1, 0.15) is 10.0 Å². The van der Waals surface area contributed by atoms with Crippen molar-refractivity contribution in [3.8, 4) is 0 Å². The molecule has 0 aliphatic carbocycles. The molecule has 1 saturated heterocycles. The first-order valence-electron chi connectivity index (χ1n) is 3.84. The minimum atomic E-state index is -1.30. The second-order valence-electron chi connectivity index (χ2n) is 3.33. The van der Waals surface area contributed by atoms with Crippen molar-refractivity contribution in [1.29, 1.82) is 0 Å². The smallest absolute Gasteiger partial charge is 0.216 e. The van der Waals surface area contributed by atoms with Crippen molar-refractivity contribution in [2.75, 3.05) is 5.88 Å². The molecular formula is C7H5Cl6N. The Kier molecular flexibility index (Phi) is 2.84. The zero-order valence-electron chi connectivity index (χ0n) is 6.71. The molecule has 80 valence electrons. The molecule has 0 aromatic heterocycles. The lowest BCUT2D eigenvalue weighted by Crippen LogP contribution is -2.40. The van der Waals surface area contributed by atoms with E-state index in [0.717, 1.165) is 0 Å². The Balaban J connectivity index is 2.52. The molecule has 14 heavy (non-hydrogen) atoms. The third kappa shape index (κ3) is 1.18. The maximum Gasteiger partial charge on any atom is 0.216 e. The molecule has 0 aromatic carbocycles. The van der Waals surface area contributed by atoms with Gasteiger partial charge in [-0.2, -0.15) is 0 Å². The number of hydrogen-bond acceptors (Lipinski definition) is 1. The van der Waals surface area contributed by atoms with E-state index in [9.17, 15) is 0 Å². The Morgan fingerprint density at radius 3 is 2.21 bits per heavy atom. The van der Waals surface area contributed by atoms with Crippen LogP contribution in [0.4, 0.5) is 0 Å². The summed E-state index contributed by atoms with van der Waals surface area (Å²) in [5, 5.41) is 0.593. The molecule has 0 aromatic rings. The number of halogens is 6. The molecule has 0 N–H and O–H groups in total. The summed E-state index contributed by atoms with van der Waals surface area (Å²) in [5.41, 5.74) is 0. The molecule has 0 saturated carbocycles. The van der Waals surface area contributed by atoms with Gasteiger partial charge in [0.05, 0.1) is 5.03 Å². The van der Waals surface area contributed by atoms with Crippen molar-refractivity contribution < 1.29 is 0 Å². The van der Waals surface area contributed by atoms with Gasteiger partial charge >= 0.3 is 0 Å². The zero-order chi connectivity index (χ0) is 10.7. The molecule has 0 radical (unpaired) electrons. The third-order valence-electron chi connectivity index (χ3n) is 2.58. The van der Waals surface area contributed by atoms with E-state index in [1.165, 1.54) is 0 Å². The highest BCUT2D eigenvalue weighted by atomic mass is 35.5. The van der Waals surface area contributed by atoms with Gasteiger partial charge in [0.25, 0.3) is 0 Å². The minimum Gasteiger partial charge on any atom is -0.324 e. The van der Waals surface area contributed by atoms with Crippen LogP contribution in [0.3, 0.4) is 0 Å². The van der Waals surface area contributed by atoms with Crippen molar-refractivity contribution in [1.82, 2.24) is 4.90 Å². The van der Waals surface area contributed by atoms with Gasteiger partial charge in [-0.05, 0) is 6.42 Å². The van der Waals surface area contributed by atoms with Crippen LogP contribution in [0.1, 0.15) is 6.42 Å². The van der Waals surface area contributed by atoms with Gasteiger partial charge in [-0.3, -0.25) is 0 Å². The zero-order valence-corrected chi connectivity index (χ0v) is 11.2. The Hall–Kier alpha value is 1.28. The lowest BCUT2D eigenvalue weighted by Gasteiger charge is -2.30. The van der Waals surface area contributed by atoms with Crippen LogP contribution in [-0.2, 0) is 0 Å². The van der Waals surface area contributed by atoms with E-state index in [-0.39, 0.29) is 6.04 Å². The molecule has 2 bridgehead atoms. The highest BCUT2D eigenvalue weighted by Gasteiger charge is 2.68. The average molecular weight is 316 g/mol. The van der Waals surface area contributed by atoms with Gasteiger partial charge in [0.15, 0.2) is 0 Å². The summed E-state index contributed by atoms with van der Waals surface area (Å²) in [6.45, 7) is 0. The molecule has 1 nitrogen and oxygen atoms in total. The largest absolute Gasteiger partial charge is 0.324 e. The second kappa shape index (κ2) is 3.38. The Morgan fingerprint density at radius 1 is 1.29 bits per heavy atom. The fourth-order valence-electron chi connectivity index (χ4n) is 1.86. The molecule has 1 fully saturated rings. The summed E-state index contributed by atoms with van der Waals surface area (Å²) in [6.07, 6.45) is 0.500. The van der Waals surface area contributed by atoms with Gasteiger partial charge in [-0.15, -0.1) is 23.2 Å². The summed E-state index contributed by atoms with van der Waals surface area (Å²) in [5.74, 6) is 0.357. The van der Waals surface area contributed by atoms with E-state index in [2.05, 4.69) is 0 Å². The lowest BCUT2D eigenvalue weighted by molar-refractivity contribution is 0.323. The van der Waals surface area contributed by atoms with Gasteiger partial charge in [-0.1, -0.05) is 46.4 Å². The van der Waals surface area contributed by atoms with E-state index in [1.807, 2.05) is 0 Å². The molecule has 2 heterocycles. The van der Waals surface area contributed by atoms with Crippen LogP contribution in [0.2, 0.25) is 0 Å². The van der Waals surface area contributed by atoms with Gasteiger partial charge < -0.3 is 4.90 Å². The lowest BCUT2D eigenvalue weighted by atomic mass is 10.0. The number of fused-ring (bicyclic) bond motifs is 2. The van der Waals surface area contributed by atoms with Crippen molar-refractivity contribution in [2.45, 2.75) is 21.8 Å². The van der Waals surface area contributed by atoms with E-state index in [1.54, 1.807) is 4.90 Å². The summed E-state index contributed by atoms with van der Waals surface area (Å²) < 4.78 is -1.30. The van der Waals surface area contributed by atoms with Gasteiger partial charge in [0.2, 0.25) is 4.46 Å². The highest BCUT2D eigenvalue weighted by Crippen LogP contribution is 2.64. The van der Waals surface area contributed by atoms with Crippen molar-refractivity contribution >= 4 is 69.6 Å². The molecule has 0 amide bonds. The molecule has 7 heteroatoms. The van der Waals surface area contributed by atoms with Crippen LogP contribution in [0.25, 0.3) is 0 Å². The first-order valence-corrected chi connectivity index (χ1v) is 6.26. The van der Waals surface area contributed by atoms with Gasteiger partial charge in [-0.25, -0.2) is 0 Å². The standard InChI is InChI=1S/C7H5Cl6N/c8-2-3-1-6(11)4(9)5(10)14(3)7(6,12)13/h3H,1-2H2. The first-order chi connectivity index (χ1) is 6.36. The first kappa shape index (κ1) is 11.8. The summed E-state index contributed by atoms with van der Waals surface area (Å²) in [4.78, 5) is 0.536. The molecule has 0 spiro atoms. The number of rotatable bonds is 1. The Morgan fingerprint density at radius 2 is 1.86 bits per heavy atom. The molecule has 2 aliphatic heterocycles. The van der Waals surface area contributed by atoms with Crippen molar-refractivity contribution in [3.63, 3.8) is 0 Å². The van der Waals surface area contributed by atoms with Crippen LogP contribution >= 0.6 is 69.6 Å². The Labute approximate surface area is 112 Å². The van der Waals surface area contributed by atoms with Crippen LogP contribution < -0.4 is 0 Å². The molecule has 2 rings (SSSR count). The maximum absolute atomic E-state index is 6.27. The number of alkyl halides is 4. The molecule has 2 atom stereocenters. The van der Waals surface area contributed by atoms with Crippen LogP contribution in [0.15, 0.2) is 10.2 Å².